The molecular weight excluding hydrogens is 240 g/mol. The normalized spacial score (nSPS) is 11.9. The van der Waals surface area contributed by atoms with E-state index in [1.54, 1.807) is 18.3 Å². The molecule has 0 radical (unpaired) electrons. The van der Waals surface area contributed by atoms with Crippen LogP contribution >= 0.6 is 11.3 Å². The second-order valence-corrected chi connectivity index (χ2v) is 5.19. The first-order valence-corrected chi connectivity index (χ1v) is 6.10. The maximum absolute atomic E-state index is 11.3. The van der Waals surface area contributed by atoms with Crippen molar-refractivity contribution in [3.05, 3.63) is 21.9 Å². The molecule has 1 aromatic heterocycles. The van der Waals surface area contributed by atoms with Crippen molar-refractivity contribution in [3.8, 4) is 0 Å². The Bertz CT molecular complexity index is 403. The van der Waals surface area contributed by atoms with Crippen molar-refractivity contribution < 1.29 is 14.7 Å². The zero-order chi connectivity index (χ0) is 12.8. The smallest absolute Gasteiger partial charge is 0.315 e. The molecule has 5 nitrogen and oxygen atoms in total. The lowest BCUT2D eigenvalue weighted by Gasteiger charge is -2.09. The number of nitrogens with one attached hydrogen (secondary N) is 2. The average molecular weight is 256 g/mol. The van der Waals surface area contributed by atoms with Gasteiger partial charge in [0.15, 0.2) is 0 Å². The van der Waals surface area contributed by atoms with Gasteiger partial charge in [-0.3, -0.25) is 4.79 Å². The van der Waals surface area contributed by atoms with E-state index in [4.69, 9.17) is 5.11 Å². The third-order valence-electron chi connectivity index (χ3n) is 2.21. The van der Waals surface area contributed by atoms with Crippen LogP contribution in [0, 0.1) is 12.8 Å². The van der Waals surface area contributed by atoms with E-state index in [0.29, 0.717) is 6.54 Å². The molecule has 1 rings (SSSR count). The van der Waals surface area contributed by atoms with Crippen molar-refractivity contribution in [1.82, 2.24) is 10.6 Å². The van der Waals surface area contributed by atoms with Gasteiger partial charge in [-0.1, -0.05) is 6.92 Å². The number of rotatable bonds is 5. The summed E-state index contributed by atoms with van der Waals surface area (Å²) in [5.74, 6) is -1.50. The van der Waals surface area contributed by atoms with E-state index in [1.165, 1.54) is 4.88 Å². The number of aryl methyl sites for hydroxylation is 1. The number of carboxylic acids is 1. The topological polar surface area (TPSA) is 78.4 Å². The van der Waals surface area contributed by atoms with Gasteiger partial charge in [0, 0.05) is 16.3 Å². The van der Waals surface area contributed by atoms with Crippen LogP contribution in [0.3, 0.4) is 0 Å². The van der Waals surface area contributed by atoms with E-state index in [0.717, 1.165) is 4.88 Å². The summed E-state index contributed by atoms with van der Waals surface area (Å²) in [5.41, 5.74) is 0. The summed E-state index contributed by atoms with van der Waals surface area (Å²) >= 11 is 1.62. The standard InChI is InChI=1S/C11H16N2O3S/c1-7(10(14)15)5-12-11(16)13-6-9-4-3-8(2)17-9/h3-4,7H,5-6H2,1-2H3,(H,14,15)(H2,12,13,16). The third-order valence-corrected chi connectivity index (χ3v) is 3.21. The second kappa shape index (κ2) is 6.24. The number of carbonyl (C=O) groups is 2. The highest BCUT2D eigenvalue weighted by molar-refractivity contribution is 7.11. The molecule has 1 aromatic rings. The predicted octanol–water partition coefficient (Wildman–Crippen LogP) is 1.58. The number of amides is 2. The molecule has 17 heavy (non-hydrogen) atoms. The van der Waals surface area contributed by atoms with Gasteiger partial charge in [0.2, 0.25) is 0 Å². The van der Waals surface area contributed by atoms with Crippen LogP contribution < -0.4 is 10.6 Å². The SMILES string of the molecule is Cc1ccc(CNC(=O)NCC(C)C(=O)O)s1. The Morgan fingerprint density at radius 1 is 1.41 bits per heavy atom. The van der Waals surface area contributed by atoms with Crippen molar-refractivity contribution in [2.24, 2.45) is 5.92 Å². The van der Waals surface area contributed by atoms with E-state index < -0.39 is 11.9 Å². The molecule has 0 aliphatic heterocycles. The minimum Gasteiger partial charge on any atom is -0.481 e. The van der Waals surface area contributed by atoms with Crippen molar-refractivity contribution >= 4 is 23.3 Å². The summed E-state index contributed by atoms with van der Waals surface area (Å²) in [6.45, 7) is 4.14. The number of urea groups is 1. The number of hydrogen-bond acceptors (Lipinski definition) is 3. The van der Waals surface area contributed by atoms with Crippen LogP contribution in [0.4, 0.5) is 4.79 Å². The fraction of sp³-hybridized carbons (Fsp3) is 0.455. The minimum atomic E-state index is -0.917. The van der Waals surface area contributed by atoms with Gasteiger partial charge in [0.25, 0.3) is 0 Å². The molecule has 0 spiro atoms. The summed E-state index contributed by atoms with van der Waals surface area (Å²) in [5, 5.41) is 13.8. The zero-order valence-corrected chi connectivity index (χ0v) is 10.6. The number of carboxylic acid groups (broad SMARTS) is 1. The van der Waals surface area contributed by atoms with Crippen molar-refractivity contribution in [2.75, 3.05) is 6.54 Å². The number of carbonyl (C=O) groups excluding carboxylic acids is 1. The van der Waals surface area contributed by atoms with Gasteiger partial charge >= 0.3 is 12.0 Å². The maximum atomic E-state index is 11.3. The second-order valence-electron chi connectivity index (χ2n) is 3.82. The first-order valence-electron chi connectivity index (χ1n) is 5.29. The Balaban J connectivity index is 2.24. The summed E-state index contributed by atoms with van der Waals surface area (Å²) in [6.07, 6.45) is 0. The Kier molecular flexibility index (Phi) is 4.96. The molecular formula is C11H16N2O3S. The van der Waals surface area contributed by atoms with E-state index >= 15 is 0 Å². The van der Waals surface area contributed by atoms with Crippen LogP contribution in [0.2, 0.25) is 0 Å². The Morgan fingerprint density at radius 3 is 2.65 bits per heavy atom. The summed E-state index contributed by atoms with van der Waals surface area (Å²) in [4.78, 5) is 24.1. The van der Waals surface area contributed by atoms with E-state index in [9.17, 15) is 9.59 Å². The number of thiophene rings is 1. The Hall–Kier alpha value is -1.56. The molecule has 0 saturated heterocycles. The minimum absolute atomic E-state index is 0.130. The van der Waals surface area contributed by atoms with E-state index in [1.807, 2.05) is 19.1 Å². The lowest BCUT2D eigenvalue weighted by Crippen LogP contribution is -2.38. The highest BCUT2D eigenvalue weighted by atomic mass is 32.1. The fourth-order valence-electron chi connectivity index (χ4n) is 1.14. The lowest BCUT2D eigenvalue weighted by atomic mass is 10.2. The van der Waals surface area contributed by atoms with Crippen LogP contribution in [-0.2, 0) is 11.3 Å². The maximum Gasteiger partial charge on any atom is 0.315 e. The van der Waals surface area contributed by atoms with Gasteiger partial charge in [-0.2, -0.15) is 0 Å². The van der Waals surface area contributed by atoms with Gasteiger partial charge in [-0.15, -0.1) is 11.3 Å². The van der Waals surface area contributed by atoms with Gasteiger partial charge in [-0.25, -0.2) is 4.79 Å². The summed E-state index contributed by atoms with van der Waals surface area (Å²) < 4.78 is 0. The molecule has 1 unspecified atom stereocenters. The van der Waals surface area contributed by atoms with Gasteiger partial charge in [0.05, 0.1) is 12.5 Å². The summed E-state index contributed by atoms with van der Waals surface area (Å²) in [6, 6.07) is 3.61. The molecule has 2 amide bonds. The van der Waals surface area contributed by atoms with Crippen LogP contribution in [0.5, 0.6) is 0 Å². The van der Waals surface area contributed by atoms with Crippen molar-refractivity contribution in [1.29, 1.82) is 0 Å². The van der Waals surface area contributed by atoms with E-state index in [2.05, 4.69) is 10.6 Å². The largest absolute Gasteiger partial charge is 0.481 e. The van der Waals surface area contributed by atoms with Gasteiger partial charge < -0.3 is 15.7 Å². The summed E-state index contributed by atoms with van der Waals surface area (Å²) in [7, 11) is 0. The quantitative estimate of drug-likeness (QED) is 0.748. The van der Waals surface area contributed by atoms with Gasteiger partial charge in [-0.05, 0) is 19.1 Å². The van der Waals surface area contributed by atoms with Gasteiger partial charge in [0.1, 0.15) is 0 Å². The Labute approximate surface area is 104 Å². The fourth-order valence-corrected chi connectivity index (χ4v) is 1.97. The van der Waals surface area contributed by atoms with E-state index in [-0.39, 0.29) is 12.6 Å². The first kappa shape index (κ1) is 13.5. The monoisotopic (exact) mass is 256 g/mol. The van der Waals surface area contributed by atoms with Crippen LogP contribution in [0.1, 0.15) is 16.7 Å². The van der Waals surface area contributed by atoms with Crippen molar-refractivity contribution in [3.63, 3.8) is 0 Å². The molecule has 0 aliphatic rings. The molecule has 1 atom stereocenters. The van der Waals surface area contributed by atoms with Crippen LogP contribution in [0.25, 0.3) is 0 Å². The van der Waals surface area contributed by atoms with Crippen LogP contribution in [0.15, 0.2) is 12.1 Å². The van der Waals surface area contributed by atoms with Crippen molar-refractivity contribution in [2.45, 2.75) is 20.4 Å². The highest BCUT2D eigenvalue weighted by Gasteiger charge is 2.11. The molecule has 0 fully saturated rings. The molecule has 94 valence electrons. The third kappa shape index (κ3) is 4.86. The molecule has 0 saturated carbocycles. The highest BCUT2D eigenvalue weighted by Crippen LogP contribution is 2.14. The molecule has 3 N–H and O–H groups in total. The average Bonchev–Trinajstić information content (AvgIpc) is 2.69. The predicted molar refractivity (Wildman–Crippen MR) is 66.1 cm³/mol. The molecule has 0 aromatic carbocycles. The van der Waals surface area contributed by atoms with Crippen LogP contribution in [-0.4, -0.2) is 23.7 Å². The molecule has 0 bridgehead atoms. The molecule has 6 heteroatoms. The molecule has 0 aliphatic carbocycles. The number of aliphatic carboxylic acids is 1. The number of hydrogen-bond donors (Lipinski definition) is 3. The first-order chi connectivity index (χ1) is 7.99. The zero-order valence-electron chi connectivity index (χ0n) is 9.82. The lowest BCUT2D eigenvalue weighted by molar-refractivity contribution is -0.140. The Morgan fingerprint density at radius 2 is 2.12 bits per heavy atom. The molecule has 1 heterocycles.